The van der Waals surface area contributed by atoms with Crippen molar-refractivity contribution in [3.05, 3.63) is 34.9 Å². The van der Waals surface area contributed by atoms with Crippen LogP contribution in [0.2, 0.25) is 5.02 Å². The van der Waals surface area contributed by atoms with E-state index in [9.17, 15) is 0 Å². The molecular formula is C14H20ClN. The Morgan fingerprint density at radius 1 is 1.19 bits per heavy atom. The lowest BCUT2D eigenvalue weighted by Gasteiger charge is -2.34. The molecule has 1 atom stereocenters. The van der Waals surface area contributed by atoms with Gasteiger partial charge in [0.1, 0.15) is 0 Å². The third-order valence-electron chi connectivity index (χ3n) is 3.48. The Bertz CT molecular complexity index is 331. The van der Waals surface area contributed by atoms with Gasteiger partial charge in [-0.15, -0.1) is 0 Å². The molecule has 1 fully saturated rings. The van der Waals surface area contributed by atoms with Gasteiger partial charge in [0.25, 0.3) is 0 Å². The van der Waals surface area contributed by atoms with Crippen LogP contribution in [-0.2, 0) is 0 Å². The largest absolute Gasteiger partial charge is 0.296 e. The Hall–Kier alpha value is -0.530. The summed E-state index contributed by atoms with van der Waals surface area (Å²) in [5, 5.41) is 0.917. The Morgan fingerprint density at radius 3 is 2.50 bits per heavy atom. The number of nitrogens with zero attached hydrogens (tertiary/aromatic N) is 1. The van der Waals surface area contributed by atoms with E-state index in [0.29, 0.717) is 6.04 Å². The fourth-order valence-corrected chi connectivity index (χ4v) is 2.91. The zero-order chi connectivity index (χ0) is 11.4. The maximum absolute atomic E-state index is 6.29. The maximum Gasteiger partial charge on any atom is 0.0453 e. The highest BCUT2D eigenvalue weighted by Gasteiger charge is 2.21. The first-order valence-corrected chi connectivity index (χ1v) is 6.69. The van der Waals surface area contributed by atoms with Crippen LogP contribution >= 0.6 is 11.6 Å². The van der Waals surface area contributed by atoms with Crippen molar-refractivity contribution >= 4 is 11.6 Å². The molecule has 0 spiro atoms. The van der Waals surface area contributed by atoms with Gasteiger partial charge in [-0.2, -0.15) is 0 Å². The Labute approximate surface area is 103 Å². The van der Waals surface area contributed by atoms with Crippen LogP contribution in [0.1, 0.15) is 44.2 Å². The number of benzene rings is 1. The summed E-state index contributed by atoms with van der Waals surface area (Å²) in [7, 11) is 0. The van der Waals surface area contributed by atoms with E-state index in [1.54, 1.807) is 0 Å². The first kappa shape index (κ1) is 11.9. The molecule has 0 aliphatic carbocycles. The highest BCUT2D eigenvalue weighted by Crippen LogP contribution is 2.31. The van der Waals surface area contributed by atoms with Crippen molar-refractivity contribution in [2.75, 3.05) is 13.1 Å². The average molecular weight is 238 g/mol. The van der Waals surface area contributed by atoms with Crippen LogP contribution in [0.15, 0.2) is 24.3 Å². The Balaban J connectivity index is 2.18. The van der Waals surface area contributed by atoms with Crippen molar-refractivity contribution in [2.24, 2.45) is 0 Å². The molecule has 88 valence electrons. The van der Waals surface area contributed by atoms with E-state index in [1.165, 1.54) is 37.9 Å². The third kappa shape index (κ3) is 2.58. The molecule has 1 nitrogen and oxygen atoms in total. The van der Waals surface area contributed by atoms with Crippen molar-refractivity contribution in [1.29, 1.82) is 0 Å². The van der Waals surface area contributed by atoms with Crippen molar-refractivity contribution in [1.82, 2.24) is 4.90 Å². The maximum atomic E-state index is 6.29. The Morgan fingerprint density at radius 2 is 1.88 bits per heavy atom. The first-order chi connectivity index (χ1) is 7.83. The summed E-state index contributed by atoms with van der Waals surface area (Å²) in [6, 6.07) is 8.78. The number of likely N-dealkylation sites (tertiary alicyclic amines) is 1. The number of rotatable bonds is 3. The van der Waals surface area contributed by atoms with E-state index in [4.69, 9.17) is 11.6 Å². The third-order valence-corrected chi connectivity index (χ3v) is 3.83. The Kier molecular flexibility index (Phi) is 4.25. The molecule has 2 heteroatoms. The predicted octanol–water partition coefficient (Wildman–Crippen LogP) is 4.28. The zero-order valence-electron chi connectivity index (χ0n) is 9.95. The van der Waals surface area contributed by atoms with E-state index in [0.717, 1.165) is 11.4 Å². The van der Waals surface area contributed by atoms with Gasteiger partial charge < -0.3 is 0 Å². The molecule has 0 bridgehead atoms. The molecule has 0 radical (unpaired) electrons. The van der Waals surface area contributed by atoms with Crippen molar-refractivity contribution in [3.8, 4) is 0 Å². The average Bonchev–Trinajstić information content (AvgIpc) is 2.34. The van der Waals surface area contributed by atoms with Gasteiger partial charge in [0, 0.05) is 11.1 Å². The molecule has 0 saturated carbocycles. The summed E-state index contributed by atoms with van der Waals surface area (Å²) in [5.74, 6) is 0. The summed E-state index contributed by atoms with van der Waals surface area (Å²) >= 11 is 6.29. The summed E-state index contributed by atoms with van der Waals surface area (Å²) in [6.07, 6.45) is 5.20. The SMILES string of the molecule is CCC(c1ccccc1Cl)N1CCCCC1. The van der Waals surface area contributed by atoms with Gasteiger partial charge in [-0.25, -0.2) is 0 Å². The highest BCUT2D eigenvalue weighted by atomic mass is 35.5. The molecule has 1 unspecified atom stereocenters. The minimum absolute atomic E-state index is 0.508. The van der Waals surface area contributed by atoms with Gasteiger partial charge >= 0.3 is 0 Å². The van der Waals surface area contributed by atoms with Crippen LogP contribution in [-0.4, -0.2) is 18.0 Å². The van der Waals surface area contributed by atoms with Gasteiger partial charge in [-0.3, -0.25) is 4.90 Å². The van der Waals surface area contributed by atoms with Gasteiger partial charge in [0.2, 0.25) is 0 Å². The summed E-state index contributed by atoms with van der Waals surface area (Å²) in [5.41, 5.74) is 1.30. The van der Waals surface area contributed by atoms with Crippen LogP contribution in [0.4, 0.5) is 0 Å². The second-order valence-electron chi connectivity index (χ2n) is 4.54. The molecule has 1 aliphatic heterocycles. The lowest BCUT2D eigenvalue weighted by molar-refractivity contribution is 0.159. The fourth-order valence-electron chi connectivity index (χ4n) is 2.65. The van der Waals surface area contributed by atoms with E-state index >= 15 is 0 Å². The first-order valence-electron chi connectivity index (χ1n) is 6.31. The van der Waals surface area contributed by atoms with Crippen LogP contribution in [0.3, 0.4) is 0 Å². The molecule has 0 aromatic heterocycles. The predicted molar refractivity (Wildman–Crippen MR) is 69.9 cm³/mol. The second-order valence-corrected chi connectivity index (χ2v) is 4.95. The lowest BCUT2D eigenvalue weighted by Crippen LogP contribution is -2.33. The molecule has 2 rings (SSSR count). The second kappa shape index (κ2) is 5.70. The smallest absolute Gasteiger partial charge is 0.0453 e. The summed E-state index contributed by atoms with van der Waals surface area (Å²) in [4.78, 5) is 2.59. The minimum atomic E-state index is 0.508. The molecule has 1 heterocycles. The molecule has 0 amide bonds. The minimum Gasteiger partial charge on any atom is -0.296 e. The molecule has 1 saturated heterocycles. The van der Waals surface area contributed by atoms with Gasteiger partial charge in [-0.1, -0.05) is 43.1 Å². The lowest BCUT2D eigenvalue weighted by atomic mass is 9.99. The van der Waals surface area contributed by atoms with Crippen LogP contribution < -0.4 is 0 Å². The van der Waals surface area contributed by atoms with Gasteiger partial charge in [-0.05, 0) is 44.0 Å². The van der Waals surface area contributed by atoms with Crippen LogP contribution in [0.5, 0.6) is 0 Å². The topological polar surface area (TPSA) is 3.24 Å². The standard InChI is InChI=1S/C14H20ClN/c1-2-14(16-10-6-3-7-11-16)12-8-4-5-9-13(12)15/h4-5,8-9,14H,2-3,6-7,10-11H2,1H3. The fraction of sp³-hybridized carbons (Fsp3) is 0.571. The van der Waals surface area contributed by atoms with E-state index in [-0.39, 0.29) is 0 Å². The molecular weight excluding hydrogens is 218 g/mol. The number of hydrogen-bond acceptors (Lipinski definition) is 1. The number of piperidine rings is 1. The summed E-state index contributed by atoms with van der Waals surface area (Å²) in [6.45, 7) is 4.70. The molecule has 1 aliphatic rings. The zero-order valence-corrected chi connectivity index (χ0v) is 10.7. The molecule has 1 aromatic carbocycles. The van der Waals surface area contributed by atoms with Gasteiger partial charge in [0.15, 0.2) is 0 Å². The molecule has 1 aromatic rings. The van der Waals surface area contributed by atoms with Crippen molar-refractivity contribution in [3.63, 3.8) is 0 Å². The molecule has 16 heavy (non-hydrogen) atoms. The van der Waals surface area contributed by atoms with E-state index in [1.807, 2.05) is 12.1 Å². The molecule has 0 N–H and O–H groups in total. The quantitative estimate of drug-likeness (QED) is 0.759. The van der Waals surface area contributed by atoms with Crippen LogP contribution in [0, 0.1) is 0 Å². The normalized spacial score (nSPS) is 19.6. The summed E-state index contributed by atoms with van der Waals surface area (Å²) < 4.78 is 0. The van der Waals surface area contributed by atoms with Crippen LogP contribution in [0.25, 0.3) is 0 Å². The monoisotopic (exact) mass is 237 g/mol. The number of hydrogen-bond donors (Lipinski definition) is 0. The van der Waals surface area contributed by atoms with Crippen molar-refractivity contribution < 1.29 is 0 Å². The number of halogens is 1. The highest BCUT2D eigenvalue weighted by molar-refractivity contribution is 6.31. The van der Waals surface area contributed by atoms with Crippen molar-refractivity contribution in [2.45, 2.75) is 38.6 Å². The van der Waals surface area contributed by atoms with E-state index < -0.39 is 0 Å². The van der Waals surface area contributed by atoms with E-state index in [2.05, 4.69) is 24.0 Å². The van der Waals surface area contributed by atoms with Gasteiger partial charge in [0.05, 0.1) is 0 Å².